The molecule has 1 atom stereocenters. The first kappa shape index (κ1) is 15.7. The van der Waals surface area contributed by atoms with Crippen molar-refractivity contribution >= 4 is 27.2 Å². The van der Waals surface area contributed by atoms with E-state index in [1.807, 2.05) is 49.2 Å². The Hall–Kier alpha value is -2.15. The Kier molecular flexibility index (Phi) is 4.21. The second-order valence-corrected chi connectivity index (χ2v) is 8.15. The van der Waals surface area contributed by atoms with Gasteiger partial charge in [0.1, 0.15) is 18.0 Å². The zero-order valence-electron chi connectivity index (χ0n) is 13.2. The maximum Gasteiger partial charge on any atom is 0.152 e. The highest BCUT2D eigenvalue weighted by molar-refractivity contribution is 7.91. The number of aryl methyl sites for hydroxylation is 1. The summed E-state index contributed by atoms with van der Waals surface area (Å²) in [7, 11) is -1.03. The SMILES string of the molecule is Cc1ccc(Nc2cc(N(C)C3CCS(=O)(=O)C3)ncn2)cc1. The van der Waals surface area contributed by atoms with E-state index in [0.717, 1.165) is 11.5 Å². The first-order chi connectivity index (χ1) is 10.9. The van der Waals surface area contributed by atoms with Crippen LogP contribution in [0, 0.1) is 6.92 Å². The van der Waals surface area contributed by atoms with E-state index in [9.17, 15) is 8.42 Å². The Morgan fingerprint density at radius 3 is 2.61 bits per heavy atom. The van der Waals surface area contributed by atoms with Crippen LogP contribution in [0.5, 0.6) is 0 Å². The highest BCUT2D eigenvalue weighted by atomic mass is 32.2. The van der Waals surface area contributed by atoms with Gasteiger partial charge in [0.25, 0.3) is 0 Å². The number of benzene rings is 1. The molecule has 7 heteroatoms. The van der Waals surface area contributed by atoms with Crippen LogP contribution in [0.2, 0.25) is 0 Å². The van der Waals surface area contributed by atoms with Gasteiger partial charge in [-0.3, -0.25) is 0 Å². The Morgan fingerprint density at radius 1 is 1.22 bits per heavy atom. The number of sulfone groups is 1. The molecule has 2 aromatic rings. The molecule has 0 spiro atoms. The van der Waals surface area contributed by atoms with E-state index in [2.05, 4.69) is 15.3 Å². The van der Waals surface area contributed by atoms with Gasteiger partial charge in [-0.2, -0.15) is 0 Å². The molecular weight excluding hydrogens is 312 g/mol. The highest BCUT2D eigenvalue weighted by Crippen LogP contribution is 2.23. The molecule has 1 aromatic heterocycles. The topological polar surface area (TPSA) is 75.2 Å². The molecule has 1 saturated heterocycles. The van der Waals surface area contributed by atoms with Crippen molar-refractivity contribution < 1.29 is 8.42 Å². The molecule has 6 nitrogen and oxygen atoms in total. The van der Waals surface area contributed by atoms with Gasteiger partial charge in [-0.15, -0.1) is 0 Å². The van der Waals surface area contributed by atoms with Crippen LogP contribution < -0.4 is 10.2 Å². The van der Waals surface area contributed by atoms with Crippen molar-refractivity contribution in [2.45, 2.75) is 19.4 Å². The Balaban J connectivity index is 1.75. The summed E-state index contributed by atoms with van der Waals surface area (Å²) < 4.78 is 23.3. The summed E-state index contributed by atoms with van der Waals surface area (Å²) in [5.41, 5.74) is 2.15. The van der Waals surface area contributed by atoms with Gasteiger partial charge in [0.2, 0.25) is 0 Å². The summed E-state index contributed by atoms with van der Waals surface area (Å²) in [5, 5.41) is 3.24. The molecule has 1 aliphatic rings. The fourth-order valence-electron chi connectivity index (χ4n) is 2.66. The van der Waals surface area contributed by atoms with Crippen molar-refractivity contribution in [3.63, 3.8) is 0 Å². The third kappa shape index (κ3) is 3.79. The number of nitrogens with one attached hydrogen (secondary N) is 1. The molecule has 2 heterocycles. The van der Waals surface area contributed by atoms with Crippen LogP contribution in [0.1, 0.15) is 12.0 Å². The molecule has 0 radical (unpaired) electrons. The molecule has 1 N–H and O–H groups in total. The van der Waals surface area contributed by atoms with Gasteiger partial charge in [-0.05, 0) is 25.5 Å². The Labute approximate surface area is 136 Å². The largest absolute Gasteiger partial charge is 0.355 e. The lowest BCUT2D eigenvalue weighted by molar-refractivity contribution is 0.600. The van der Waals surface area contributed by atoms with E-state index in [4.69, 9.17) is 0 Å². The average molecular weight is 332 g/mol. The second kappa shape index (κ2) is 6.16. The molecule has 0 saturated carbocycles. The van der Waals surface area contributed by atoms with Crippen LogP contribution >= 0.6 is 0 Å². The van der Waals surface area contributed by atoms with Crippen LogP contribution in [-0.2, 0) is 9.84 Å². The van der Waals surface area contributed by atoms with E-state index in [-0.39, 0.29) is 17.5 Å². The minimum Gasteiger partial charge on any atom is -0.355 e. The molecule has 122 valence electrons. The van der Waals surface area contributed by atoms with Gasteiger partial charge in [0, 0.05) is 24.8 Å². The molecule has 1 unspecified atom stereocenters. The average Bonchev–Trinajstić information content (AvgIpc) is 2.89. The fourth-order valence-corrected chi connectivity index (χ4v) is 4.44. The first-order valence-corrected chi connectivity index (χ1v) is 9.34. The Bertz CT molecular complexity index is 790. The van der Waals surface area contributed by atoms with Crippen molar-refractivity contribution in [2.75, 3.05) is 28.8 Å². The fraction of sp³-hybridized carbons (Fsp3) is 0.375. The molecule has 0 bridgehead atoms. The van der Waals surface area contributed by atoms with Gasteiger partial charge in [-0.25, -0.2) is 18.4 Å². The maximum atomic E-state index is 11.6. The van der Waals surface area contributed by atoms with E-state index in [1.165, 1.54) is 11.9 Å². The van der Waals surface area contributed by atoms with Crippen LogP contribution in [0.4, 0.5) is 17.3 Å². The lowest BCUT2D eigenvalue weighted by atomic mass is 10.2. The molecule has 1 fully saturated rings. The number of hydrogen-bond donors (Lipinski definition) is 1. The van der Waals surface area contributed by atoms with E-state index < -0.39 is 9.84 Å². The molecule has 0 aliphatic carbocycles. The number of hydrogen-bond acceptors (Lipinski definition) is 6. The molecule has 3 rings (SSSR count). The lowest BCUT2D eigenvalue weighted by Crippen LogP contribution is -2.33. The summed E-state index contributed by atoms with van der Waals surface area (Å²) in [6, 6.07) is 9.85. The molecule has 1 aromatic carbocycles. The quantitative estimate of drug-likeness (QED) is 0.925. The minimum atomic E-state index is -2.91. The van der Waals surface area contributed by atoms with Gasteiger partial charge >= 0.3 is 0 Å². The maximum absolute atomic E-state index is 11.6. The third-order valence-corrected chi connectivity index (χ3v) is 5.84. The van der Waals surface area contributed by atoms with Crippen molar-refractivity contribution in [3.8, 4) is 0 Å². The Morgan fingerprint density at radius 2 is 1.96 bits per heavy atom. The molecule has 0 amide bonds. The number of anilines is 3. The van der Waals surface area contributed by atoms with Crippen molar-refractivity contribution in [2.24, 2.45) is 0 Å². The van der Waals surface area contributed by atoms with E-state index in [1.54, 1.807) is 0 Å². The van der Waals surface area contributed by atoms with Crippen LogP contribution in [-0.4, -0.2) is 43.0 Å². The van der Waals surface area contributed by atoms with Crippen molar-refractivity contribution in [1.82, 2.24) is 9.97 Å². The highest BCUT2D eigenvalue weighted by Gasteiger charge is 2.31. The third-order valence-electron chi connectivity index (χ3n) is 4.09. The van der Waals surface area contributed by atoms with Gasteiger partial charge in [0.05, 0.1) is 11.5 Å². The van der Waals surface area contributed by atoms with E-state index >= 15 is 0 Å². The predicted molar refractivity (Wildman–Crippen MR) is 92.0 cm³/mol. The standard InChI is InChI=1S/C16H20N4O2S/c1-12-3-5-13(6-4-12)19-15-9-16(18-11-17-15)20(2)14-7-8-23(21,22)10-14/h3-6,9,11,14H,7-8,10H2,1-2H3,(H,17,18,19). The normalized spacial score (nSPS) is 19.5. The summed E-state index contributed by atoms with van der Waals surface area (Å²) in [6.45, 7) is 2.04. The number of aromatic nitrogens is 2. The predicted octanol–water partition coefficient (Wildman–Crippen LogP) is 2.15. The summed E-state index contributed by atoms with van der Waals surface area (Å²) in [6.07, 6.45) is 2.13. The summed E-state index contributed by atoms with van der Waals surface area (Å²) >= 11 is 0. The van der Waals surface area contributed by atoms with Crippen molar-refractivity contribution in [1.29, 1.82) is 0 Å². The number of nitrogens with zero attached hydrogens (tertiary/aromatic N) is 3. The molecule has 23 heavy (non-hydrogen) atoms. The minimum absolute atomic E-state index is 0.0258. The van der Waals surface area contributed by atoms with Gasteiger partial charge < -0.3 is 10.2 Å². The van der Waals surface area contributed by atoms with Gasteiger partial charge in [-0.1, -0.05) is 17.7 Å². The molecule has 1 aliphatic heterocycles. The first-order valence-electron chi connectivity index (χ1n) is 7.52. The smallest absolute Gasteiger partial charge is 0.152 e. The zero-order chi connectivity index (χ0) is 16.4. The monoisotopic (exact) mass is 332 g/mol. The van der Waals surface area contributed by atoms with Crippen LogP contribution in [0.3, 0.4) is 0 Å². The zero-order valence-corrected chi connectivity index (χ0v) is 14.0. The van der Waals surface area contributed by atoms with Gasteiger partial charge in [0.15, 0.2) is 9.84 Å². The lowest BCUT2D eigenvalue weighted by Gasteiger charge is -2.24. The summed E-state index contributed by atoms with van der Waals surface area (Å²) in [5.74, 6) is 1.85. The van der Waals surface area contributed by atoms with E-state index in [0.29, 0.717) is 12.2 Å². The van der Waals surface area contributed by atoms with Crippen molar-refractivity contribution in [3.05, 3.63) is 42.2 Å². The summed E-state index contributed by atoms with van der Waals surface area (Å²) in [4.78, 5) is 10.4. The van der Waals surface area contributed by atoms with Crippen LogP contribution in [0.25, 0.3) is 0 Å². The second-order valence-electron chi connectivity index (χ2n) is 5.92. The molecular formula is C16H20N4O2S. The van der Waals surface area contributed by atoms with Crippen LogP contribution in [0.15, 0.2) is 36.7 Å². The number of rotatable bonds is 4.